The number of pyridine rings is 1. The van der Waals surface area contributed by atoms with Crippen molar-refractivity contribution < 1.29 is 4.79 Å². The van der Waals surface area contributed by atoms with Crippen molar-refractivity contribution in [2.24, 2.45) is 0 Å². The largest absolute Gasteiger partial charge is 0.306 e. The van der Waals surface area contributed by atoms with Gasteiger partial charge in [0.1, 0.15) is 5.65 Å². The number of hydrogen-bond acceptors (Lipinski definition) is 2. The highest BCUT2D eigenvalue weighted by Gasteiger charge is 2.29. The van der Waals surface area contributed by atoms with E-state index in [1.807, 2.05) is 77.5 Å². The number of carbonyl (C=O) groups excluding carboxylic acids is 1. The first-order valence-corrected chi connectivity index (χ1v) is 7.54. The summed E-state index contributed by atoms with van der Waals surface area (Å²) in [7, 11) is 0. The lowest BCUT2D eigenvalue weighted by Crippen LogP contribution is -1.94. The molecule has 0 aliphatic heterocycles. The van der Waals surface area contributed by atoms with E-state index in [0.717, 1.165) is 39.2 Å². The van der Waals surface area contributed by atoms with Gasteiger partial charge in [-0.2, -0.15) is 0 Å². The molecule has 0 spiro atoms. The molecular weight excluding hydrogens is 284 g/mol. The van der Waals surface area contributed by atoms with Gasteiger partial charge in [-0.05, 0) is 17.7 Å². The molecule has 0 amide bonds. The summed E-state index contributed by atoms with van der Waals surface area (Å²) >= 11 is 0. The van der Waals surface area contributed by atoms with Gasteiger partial charge in [-0.1, -0.05) is 48.5 Å². The van der Waals surface area contributed by atoms with Crippen LogP contribution >= 0.6 is 0 Å². The molecule has 0 saturated carbocycles. The lowest BCUT2D eigenvalue weighted by atomic mass is 9.98. The first-order valence-electron chi connectivity index (χ1n) is 7.54. The summed E-state index contributed by atoms with van der Waals surface area (Å²) in [6.07, 6.45) is 3.99. The van der Waals surface area contributed by atoms with Crippen molar-refractivity contribution in [3.63, 3.8) is 0 Å². The Bertz CT molecular complexity index is 1060. The molecule has 3 nitrogen and oxygen atoms in total. The molecule has 1 aliphatic rings. The van der Waals surface area contributed by atoms with Crippen molar-refractivity contribution in [3.05, 3.63) is 84.2 Å². The molecule has 0 saturated heterocycles. The van der Waals surface area contributed by atoms with Crippen LogP contribution < -0.4 is 0 Å². The average Bonchev–Trinajstić information content (AvgIpc) is 3.15. The van der Waals surface area contributed by atoms with Gasteiger partial charge in [-0.15, -0.1) is 0 Å². The van der Waals surface area contributed by atoms with Gasteiger partial charge >= 0.3 is 0 Å². The van der Waals surface area contributed by atoms with Crippen molar-refractivity contribution in [3.8, 4) is 22.4 Å². The zero-order chi connectivity index (χ0) is 15.4. The summed E-state index contributed by atoms with van der Waals surface area (Å²) in [5, 5.41) is 0. The molecule has 2 aromatic heterocycles. The molecule has 108 valence electrons. The van der Waals surface area contributed by atoms with Crippen LogP contribution in [0.3, 0.4) is 0 Å². The predicted molar refractivity (Wildman–Crippen MR) is 89.5 cm³/mol. The Morgan fingerprint density at radius 2 is 1.48 bits per heavy atom. The van der Waals surface area contributed by atoms with Crippen LogP contribution in [0.5, 0.6) is 0 Å². The Labute approximate surface area is 132 Å². The summed E-state index contributed by atoms with van der Waals surface area (Å²) in [6.45, 7) is 0. The molecule has 5 rings (SSSR count). The topological polar surface area (TPSA) is 34.4 Å². The fourth-order valence-electron chi connectivity index (χ4n) is 3.35. The normalized spacial score (nSPS) is 12.4. The number of nitrogens with zero attached hydrogens (tertiary/aromatic N) is 2. The molecule has 0 fully saturated rings. The lowest BCUT2D eigenvalue weighted by molar-refractivity contribution is 0.104. The number of hydrogen-bond donors (Lipinski definition) is 0. The average molecular weight is 296 g/mol. The van der Waals surface area contributed by atoms with Crippen molar-refractivity contribution in [2.45, 2.75) is 0 Å². The third-order valence-electron chi connectivity index (χ3n) is 4.39. The molecule has 1 aliphatic carbocycles. The Kier molecular flexibility index (Phi) is 2.36. The van der Waals surface area contributed by atoms with Crippen molar-refractivity contribution in [2.75, 3.05) is 0 Å². The van der Waals surface area contributed by atoms with Crippen LogP contribution in [0.4, 0.5) is 0 Å². The van der Waals surface area contributed by atoms with Crippen molar-refractivity contribution >= 4 is 11.4 Å². The predicted octanol–water partition coefficient (Wildman–Crippen LogP) is 4.21. The van der Waals surface area contributed by atoms with Crippen LogP contribution in [0.15, 0.2) is 73.1 Å². The second-order valence-corrected chi connectivity index (χ2v) is 5.70. The smallest absolute Gasteiger partial charge is 0.194 e. The SMILES string of the molecule is O=C1c2ccccc2-c2c1cccc2-c1cn2ccccc2n1. The fourth-order valence-corrected chi connectivity index (χ4v) is 3.35. The fraction of sp³-hybridized carbons (Fsp3) is 0. The van der Waals surface area contributed by atoms with Gasteiger partial charge in [0.25, 0.3) is 0 Å². The van der Waals surface area contributed by atoms with Crippen LogP contribution in [0, 0.1) is 0 Å². The quantitative estimate of drug-likeness (QED) is 0.464. The van der Waals surface area contributed by atoms with Gasteiger partial charge in [0.05, 0.1) is 5.69 Å². The Morgan fingerprint density at radius 1 is 0.739 bits per heavy atom. The second-order valence-electron chi connectivity index (χ2n) is 5.70. The maximum absolute atomic E-state index is 12.6. The van der Waals surface area contributed by atoms with E-state index >= 15 is 0 Å². The van der Waals surface area contributed by atoms with E-state index in [1.165, 1.54) is 0 Å². The minimum atomic E-state index is 0.0983. The minimum Gasteiger partial charge on any atom is -0.306 e. The maximum Gasteiger partial charge on any atom is 0.194 e. The highest BCUT2D eigenvalue weighted by Crippen LogP contribution is 2.42. The zero-order valence-corrected chi connectivity index (χ0v) is 12.2. The Hall–Kier alpha value is -3.20. The van der Waals surface area contributed by atoms with Gasteiger partial charge < -0.3 is 4.40 Å². The molecule has 0 N–H and O–H groups in total. The molecule has 4 aromatic rings. The number of ketones is 1. The number of rotatable bonds is 1. The molecule has 0 radical (unpaired) electrons. The van der Waals surface area contributed by atoms with E-state index in [2.05, 4.69) is 0 Å². The molecule has 0 unspecified atom stereocenters. The van der Waals surface area contributed by atoms with E-state index in [1.54, 1.807) is 0 Å². The van der Waals surface area contributed by atoms with Gasteiger partial charge in [-0.3, -0.25) is 4.79 Å². The molecule has 0 bridgehead atoms. The lowest BCUT2D eigenvalue weighted by Gasteiger charge is -2.06. The third-order valence-corrected chi connectivity index (χ3v) is 4.39. The van der Waals surface area contributed by atoms with E-state index in [-0.39, 0.29) is 5.78 Å². The third kappa shape index (κ3) is 1.64. The van der Waals surface area contributed by atoms with Crippen LogP contribution in [-0.4, -0.2) is 15.2 Å². The zero-order valence-electron chi connectivity index (χ0n) is 12.2. The number of carbonyl (C=O) groups is 1. The standard InChI is InChI=1S/C20H12N2O/c23-20-14-7-2-1-6-13(14)19-15(8-5-9-16(19)20)17-12-22-11-4-3-10-18(22)21-17/h1-12H. The van der Waals surface area contributed by atoms with Crippen molar-refractivity contribution in [1.82, 2.24) is 9.38 Å². The van der Waals surface area contributed by atoms with Gasteiger partial charge in [0, 0.05) is 34.6 Å². The van der Waals surface area contributed by atoms with Gasteiger partial charge in [-0.25, -0.2) is 4.98 Å². The van der Waals surface area contributed by atoms with E-state index in [0.29, 0.717) is 0 Å². The van der Waals surface area contributed by atoms with Crippen LogP contribution in [-0.2, 0) is 0 Å². The monoisotopic (exact) mass is 296 g/mol. The molecule has 3 heteroatoms. The van der Waals surface area contributed by atoms with E-state index in [4.69, 9.17) is 4.98 Å². The summed E-state index contributed by atoms with van der Waals surface area (Å²) in [6, 6.07) is 19.6. The highest BCUT2D eigenvalue weighted by atomic mass is 16.1. The van der Waals surface area contributed by atoms with E-state index in [9.17, 15) is 4.79 Å². The molecule has 2 heterocycles. The van der Waals surface area contributed by atoms with Gasteiger partial charge in [0.15, 0.2) is 5.78 Å². The first-order chi connectivity index (χ1) is 11.3. The highest BCUT2D eigenvalue weighted by molar-refractivity contribution is 6.23. The molecule has 0 atom stereocenters. The summed E-state index contributed by atoms with van der Waals surface area (Å²) in [5.74, 6) is 0.0983. The number of fused-ring (bicyclic) bond motifs is 4. The summed E-state index contributed by atoms with van der Waals surface area (Å²) < 4.78 is 2.00. The van der Waals surface area contributed by atoms with Crippen LogP contribution in [0.1, 0.15) is 15.9 Å². The first kappa shape index (κ1) is 12.4. The van der Waals surface area contributed by atoms with Crippen molar-refractivity contribution in [1.29, 1.82) is 0 Å². The van der Waals surface area contributed by atoms with Crippen LogP contribution in [0.25, 0.3) is 28.0 Å². The number of aromatic nitrogens is 2. The number of imidazole rings is 1. The summed E-state index contributed by atoms with van der Waals surface area (Å²) in [4.78, 5) is 17.3. The number of benzene rings is 2. The maximum atomic E-state index is 12.6. The van der Waals surface area contributed by atoms with Gasteiger partial charge in [0.2, 0.25) is 0 Å². The van der Waals surface area contributed by atoms with Crippen LogP contribution in [0.2, 0.25) is 0 Å². The molecular formula is C20H12N2O. The Balaban J connectivity index is 1.83. The van der Waals surface area contributed by atoms with E-state index < -0.39 is 0 Å². The molecule has 23 heavy (non-hydrogen) atoms. The minimum absolute atomic E-state index is 0.0983. The molecule has 2 aromatic carbocycles. The summed E-state index contributed by atoms with van der Waals surface area (Å²) in [5.41, 5.74) is 6.33. The second kappa shape index (κ2) is 4.40. The Morgan fingerprint density at radius 3 is 2.35 bits per heavy atom.